The van der Waals surface area contributed by atoms with Crippen molar-refractivity contribution in [3.8, 4) is 0 Å². The van der Waals surface area contributed by atoms with Crippen molar-refractivity contribution < 1.29 is 13.6 Å². The Bertz CT molecular complexity index is 686. The van der Waals surface area contributed by atoms with Crippen molar-refractivity contribution in [1.82, 2.24) is 0 Å². The van der Waals surface area contributed by atoms with E-state index in [2.05, 4.69) is 10.6 Å². The zero-order valence-corrected chi connectivity index (χ0v) is 12.5. The molecule has 0 aliphatic heterocycles. The molecule has 0 unspecified atom stereocenters. The summed E-state index contributed by atoms with van der Waals surface area (Å²) in [4.78, 5) is 11.9. The van der Waals surface area contributed by atoms with E-state index in [1.807, 2.05) is 32.0 Å². The molecule has 0 fully saturated rings. The van der Waals surface area contributed by atoms with E-state index in [1.54, 1.807) is 0 Å². The standard InChI is InChI=1S/C17H18F2N2O/c1-11-4-3-5-16(12(11)2)21-17(22)8-9-20-13-6-7-14(18)15(19)10-13/h3-7,10,20H,8-9H2,1-2H3,(H,21,22). The van der Waals surface area contributed by atoms with Crippen molar-refractivity contribution in [2.75, 3.05) is 17.2 Å². The average Bonchev–Trinajstić information content (AvgIpc) is 2.48. The second-order valence-corrected chi connectivity index (χ2v) is 5.10. The smallest absolute Gasteiger partial charge is 0.226 e. The lowest BCUT2D eigenvalue weighted by atomic mass is 10.1. The molecule has 22 heavy (non-hydrogen) atoms. The van der Waals surface area contributed by atoms with Gasteiger partial charge in [-0.3, -0.25) is 4.79 Å². The Labute approximate surface area is 128 Å². The highest BCUT2D eigenvalue weighted by Gasteiger charge is 2.06. The molecule has 5 heteroatoms. The molecule has 0 aliphatic carbocycles. The van der Waals surface area contributed by atoms with Gasteiger partial charge in [-0.2, -0.15) is 0 Å². The van der Waals surface area contributed by atoms with E-state index in [-0.39, 0.29) is 12.3 Å². The first-order valence-electron chi connectivity index (χ1n) is 7.02. The Morgan fingerprint density at radius 2 is 1.86 bits per heavy atom. The predicted molar refractivity (Wildman–Crippen MR) is 84.0 cm³/mol. The summed E-state index contributed by atoms with van der Waals surface area (Å²) >= 11 is 0. The Morgan fingerprint density at radius 3 is 2.59 bits per heavy atom. The van der Waals surface area contributed by atoms with Crippen LogP contribution in [-0.2, 0) is 4.79 Å². The second kappa shape index (κ2) is 7.02. The van der Waals surface area contributed by atoms with Gasteiger partial charge in [0.1, 0.15) is 0 Å². The molecule has 0 heterocycles. The molecular formula is C17H18F2N2O. The molecule has 0 atom stereocenters. The molecule has 3 nitrogen and oxygen atoms in total. The summed E-state index contributed by atoms with van der Waals surface area (Å²) in [5, 5.41) is 5.73. The van der Waals surface area contributed by atoms with Gasteiger partial charge in [0, 0.05) is 24.3 Å². The molecule has 2 aromatic carbocycles. The molecule has 0 saturated heterocycles. The van der Waals surface area contributed by atoms with Crippen LogP contribution in [0.1, 0.15) is 17.5 Å². The SMILES string of the molecule is Cc1cccc(NC(=O)CCNc2ccc(F)c(F)c2)c1C. The maximum absolute atomic E-state index is 13.0. The van der Waals surface area contributed by atoms with Crippen LogP contribution in [0.3, 0.4) is 0 Å². The molecule has 2 aromatic rings. The third kappa shape index (κ3) is 4.04. The lowest BCUT2D eigenvalue weighted by Crippen LogP contribution is -2.17. The molecule has 0 aromatic heterocycles. The highest BCUT2D eigenvalue weighted by molar-refractivity contribution is 5.91. The summed E-state index contributed by atoms with van der Waals surface area (Å²) in [6.45, 7) is 4.27. The van der Waals surface area contributed by atoms with Gasteiger partial charge in [0.15, 0.2) is 11.6 Å². The number of amides is 1. The topological polar surface area (TPSA) is 41.1 Å². The molecule has 2 N–H and O–H groups in total. The van der Waals surface area contributed by atoms with Crippen LogP contribution in [0.4, 0.5) is 20.2 Å². The van der Waals surface area contributed by atoms with Crippen molar-refractivity contribution in [2.45, 2.75) is 20.3 Å². The number of rotatable bonds is 5. The van der Waals surface area contributed by atoms with Crippen molar-refractivity contribution in [3.63, 3.8) is 0 Å². The number of halogens is 2. The van der Waals surface area contributed by atoms with Gasteiger partial charge in [-0.05, 0) is 49.2 Å². The Kier molecular flexibility index (Phi) is 5.09. The van der Waals surface area contributed by atoms with E-state index in [9.17, 15) is 13.6 Å². The van der Waals surface area contributed by atoms with Crippen LogP contribution < -0.4 is 10.6 Å². The summed E-state index contributed by atoms with van der Waals surface area (Å²) < 4.78 is 25.8. The minimum absolute atomic E-state index is 0.135. The number of hydrogen-bond donors (Lipinski definition) is 2. The summed E-state index contributed by atoms with van der Waals surface area (Å²) in [5.41, 5.74) is 3.37. The van der Waals surface area contributed by atoms with Gasteiger partial charge in [0.25, 0.3) is 0 Å². The summed E-state index contributed by atoms with van der Waals surface area (Å²) in [6.07, 6.45) is 0.229. The van der Waals surface area contributed by atoms with Crippen molar-refractivity contribution in [3.05, 3.63) is 59.2 Å². The fourth-order valence-corrected chi connectivity index (χ4v) is 2.03. The van der Waals surface area contributed by atoms with Gasteiger partial charge in [0.2, 0.25) is 5.91 Å². The number of aryl methyl sites for hydroxylation is 1. The fourth-order valence-electron chi connectivity index (χ4n) is 2.03. The molecule has 1 amide bonds. The van der Waals surface area contributed by atoms with Crippen molar-refractivity contribution in [1.29, 1.82) is 0 Å². The summed E-state index contributed by atoms with van der Waals surface area (Å²) in [7, 11) is 0. The van der Waals surface area contributed by atoms with Crippen LogP contribution in [0, 0.1) is 25.5 Å². The quantitative estimate of drug-likeness (QED) is 0.876. The molecule has 0 bridgehead atoms. The minimum atomic E-state index is -0.912. The molecule has 116 valence electrons. The number of benzene rings is 2. The Hall–Kier alpha value is -2.43. The third-order valence-corrected chi connectivity index (χ3v) is 3.48. The fraction of sp³-hybridized carbons (Fsp3) is 0.235. The third-order valence-electron chi connectivity index (χ3n) is 3.48. The molecule has 0 saturated carbocycles. The van der Waals surface area contributed by atoms with Gasteiger partial charge < -0.3 is 10.6 Å². The number of carbonyl (C=O) groups is 1. The Balaban J connectivity index is 1.85. The van der Waals surface area contributed by atoms with E-state index >= 15 is 0 Å². The largest absolute Gasteiger partial charge is 0.384 e. The van der Waals surface area contributed by atoms with Crippen LogP contribution in [-0.4, -0.2) is 12.5 Å². The molecule has 0 spiro atoms. The lowest BCUT2D eigenvalue weighted by molar-refractivity contribution is -0.115. The van der Waals surface area contributed by atoms with Gasteiger partial charge in [0.05, 0.1) is 0 Å². The molecule has 2 rings (SSSR count). The first kappa shape index (κ1) is 15.9. The van der Waals surface area contributed by atoms with Crippen LogP contribution >= 0.6 is 0 Å². The van der Waals surface area contributed by atoms with Crippen LogP contribution in [0.15, 0.2) is 36.4 Å². The summed E-state index contributed by atoms with van der Waals surface area (Å²) in [6, 6.07) is 9.27. The lowest BCUT2D eigenvalue weighted by Gasteiger charge is -2.11. The monoisotopic (exact) mass is 304 g/mol. The van der Waals surface area contributed by atoms with E-state index in [1.165, 1.54) is 6.07 Å². The first-order valence-corrected chi connectivity index (χ1v) is 7.02. The maximum Gasteiger partial charge on any atom is 0.226 e. The number of anilines is 2. The van der Waals surface area contributed by atoms with Gasteiger partial charge >= 0.3 is 0 Å². The molecular weight excluding hydrogens is 286 g/mol. The molecule has 0 aliphatic rings. The number of nitrogens with one attached hydrogen (secondary N) is 2. The zero-order chi connectivity index (χ0) is 16.1. The van der Waals surface area contributed by atoms with Crippen LogP contribution in [0.2, 0.25) is 0 Å². The van der Waals surface area contributed by atoms with Gasteiger partial charge in [-0.15, -0.1) is 0 Å². The number of carbonyl (C=O) groups excluding carboxylic acids is 1. The van der Waals surface area contributed by atoms with Crippen molar-refractivity contribution in [2.24, 2.45) is 0 Å². The van der Waals surface area contributed by atoms with E-state index < -0.39 is 11.6 Å². The van der Waals surface area contributed by atoms with Crippen LogP contribution in [0.25, 0.3) is 0 Å². The van der Waals surface area contributed by atoms with Gasteiger partial charge in [-0.1, -0.05) is 12.1 Å². The Morgan fingerprint density at radius 1 is 1.09 bits per heavy atom. The average molecular weight is 304 g/mol. The highest BCUT2D eigenvalue weighted by atomic mass is 19.2. The second-order valence-electron chi connectivity index (χ2n) is 5.10. The molecule has 0 radical (unpaired) electrons. The summed E-state index contributed by atoms with van der Waals surface area (Å²) in [5.74, 6) is -1.94. The van der Waals surface area contributed by atoms with E-state index in [0.717, 1.165) is 28.9 Å². The maximum atomic E-state index is 13.0. The minimum Gasteiger partial charge on any atom is -0.384 e. The zero-order valence-electron chi connectivity index (χ0n) is 12.5. The van der Waals surface area contributed by atoms with Crippen LogP contribution in [0.5, 0.6) is 0 Å². The van der Waals surface area contributed by atoms with E-state index in [4.69, 9.17) is 0 Å². The van der Waals surface area contributed by atoms with Crippen molar-refractivity contribution >= 4 is 17.3 Å². The number of hydrogen-bond acceptors (Lipinski definition) is 2. The predicted octanol–water partition coefficient (Wildman–Crippen LogP) is 4.02. The van der Waals surface area contributed by atoms with Gasteiger partial charge in [-0.25, -0.2) is 8.78 Å². The first-order chi connectivity index (χ1) is 10.5. The normalized spacial score (nSPS) is 10.4. The van der Waals surface area contributed by atoms with E-state index in [0.29, 0.717) is 12.2 Å². The highest BCUT2D eigenvalue weighted by Crippen LogP contribution is 2.18.